The van der Waals surface area contributed by atoms with Gasteiger partial charge in [-0.25, -0.2) is 0 Å². The Balaban J connectivity index is 1.55. The minimum Gasteiger partial charge on any atom is -0.356 e. The quantitative estimate of drug-likeness (QED) is 0.650. The molecule has 2 rings (SSSR count). The van der Waals surface area contributed by atoms with Crippen LogP contribution in [0.3, 0.4) is 0 Å². The maximum atomic E-state index is 4.27. The molecule has 3 heteroatoms. The van der Waals surface area contributed by atoms with E-state index in [1.165, 1.54) is 25.7 Å². The molecule has 1 saturated carbocycles. The topological polar surface area (TPSA) is 36.4 Å². The zero-order chi connectivity index (χ0) is 8.23. The zero-order valence-corrected chi connectivity index (χ0v) is 7.47. The molecular formula is C9H17N3. The summed E-state index contributed by atoms with van der Waals surface area (Å²) in [6.07, 6.45) is 5.66. The summed E-state index contributed by atoms with van der Waals surface area (Å²) in [6.45, 7) is 3.04. The molecule has 3 nitrogen and oxygen atoms in total. The van der Waals surface area contributed by atoms with E-state index in [9.17, 15) is 0 Å². The Bertz CT molecular complexity index is 173. The number of rotatable bonds is 3. The molecular weight excluding hydrogens is 150 g/mol. The van der Waals surface area contributed by atoms with Gasteiger partial charge in [-0.05, 0) is 12.3 Å². The molecule has 0 aromatic carbocycles. The molecule has 1 fully saturated rings. The summed E-state index contributed by atoms with van der Waals surface area (Å²) in [6, 6.07) is 0. The molecule has 0 aromatic heterocycles. The average Bonchev–Trinajstić information content (AvgIpc) is 2.46. The van der Waals surface area contributed by atoms with E-state index < -0.39 is 0 Å². The molecule has 68 valence electrons. The lowest BCUT2D eigenvalue weighted by Crippen LogP contribution is -2.35. The molecule has 2 aliphatic rings. The highest BCUT2D eigenvalue weighted by atomic mass is 15.2. The monoisotopic (exact) mass is 167 g/mol. The third kappa shape index (κ3) is 1.90. The fourth-order valence-electron chi connectivity index (χ4n) is 1.69. The minimum absolute atomic E-state index is 0.936. The van der Waals surface area contributed by atoms with Crippen LogP contribution in [-0.2, 0) is 0 Å². The normalized spacial score (nSPS) is 22.8. The summed E-state index contributed by atoms with van der Waals surface area (Å²) >= 11 is 0. The van der Waals surface area contributed by atoms with Gasteiger partial charge >= 0.3 is 0 Å². The lowest BCUT2D eigenvalue weighted by Gasteiger charge is -2.25. The number of hydrogen-bond acceptors (Lipinski definition) is 3. The van der Waals surface area contributed by atoms with Crippen molar-refractivity contribution in [2.45, 2.75) is 25.7 Å². The van der Waals surface area contributed by atoms with E-state index in [1.807, 2.05) is 0 Å². The standard InChI is InChI=1S/C9H17N3/c1-2-8(3-1)4-5-10-9-11-6-7-12-9/h8H,1-7H2,(H2,10,11,12). The molecule has 0 spiro atoms. The van der Waals surface area contributed by atoms with Crippen LogP contribution in [0.4, 0.5) is 0 Å². The van der Waals surface area contributed by atoms with Crippen molar-refractivity contribution in [3.63, 3.8) is 0 Å². The van der Waals surface area contributed by atoms with Crippen LogP contribution in [-0.4, -0.2) is 25.6 Å². The van der Waals surface area contributed by atoms with Gasteiger partial charge in [0.1, 0.15) is 0 Å². The molecule has 0 saturated heterocycles. The molecule has 1 aliphatic heterocycles. The van der Waals surface area contributed by atoms with E-state index in [2.05, 4.69) is 15.6 Å². The van der Waals surface area contributed by atoms with E-state index in [0.717, 1.165) is 31.5 Å². The van der Waals surface area contributed by atoms with E-state index in [4.69, 9.17) is 0 Å². The summed E-state index contributed by atoms with van der Waals surface area (Å²) in [5.41, 5.74) is 0. The van der Waals surface area contributed by atoms with Gasteiger partial charge in [0.2, 0.25) is 0 Å². The molecule has 0 aromatic rings. The van der Waals surface area contributed by atoms with Gasteiger partial charge in [-0.1, -0.05) is 19.3 Å². The minimum atomic E-state index is 0.936. The van der Waals surface area contributed by atoms with Crippen LogP contribution in [0.5, 0.6) is 0 Å². The van der Waals surface area contributed by atoms with Crippen LogP contribution < -0.4 is 10.6 Å². The molecule has 1 heterocycles. The Labute approximate surface area is 73.6 Å². The summed E-state index contributed by atoms with van der Waals surface area (Å²) in [7, 11) is 0. The van der Waals surface area contributed by atoms with Gasteiger partial charge in [0, 0.05) is 13.1 Å². The predicted octanol–water partition coefficient (Wildman–Crippen LogP) is 0.725. The van der Waals surface area contributed by atoms with Crippen LogP contribution in [0.1, 0.15) is 25.7 Å². The highest BCUT2D eigenvalue weighted by molar-refractivity contribution is 5.81. The summed E-state index contributed by atoms with van der Waals surface area (Å²) in [4.78, 5) is 4.27. The lowest BCUT2D eigenvalue weighted by molar-refractivity contribution is 0.297. The SMILES string of the molecule is C1CC(CCNC2=NCCN2)C1. The third-order valence-electron chi connectivity index (χ3n) is 2.74. The largest absolute Gasteiger partial charge is 0.356 e. The first kappa shape index (κ1) is 7.90. The first-order chi connectivity index (χ1) is 5.95. The van der Waals surface area contributed by atoms with E-state index in [0.29, 0.717) is 0 Å². The summed E-state index contributed by atoms with van der Waals surface area (Å²) in [5, 5.41) is 6.52. The van der Waals surface area contributed by atoms with Crippen LogP contribution in [0.15, 0.2) is 4.99 Å². The second-order valence-corrected chi connectivity index (χ2v) is 3.67. The van der Waals surface area contributed by atoms with Crippen molar-refractivity contribution in [1.82, 2.24) is 10.6 Å². The van der Waals surface area contributed by atoms with Crippen molar-refractivity contribution in [3.8, 4) is 0 Å². The van der Waals surface area contributed by atoms with Crippen molar-refractivity contribution in [2.75, 3.05) is 19.6 Å². The summed E-state index contributed by atoms with van der Waals surface area (Å²) in [5.74, 6) is 2.01. The third-order valence-corrected chi connectivity index (χ3v) is 2.74. The average molecular weight is 167 g/mol. The lowest BCUT2D eigenvalue weighted by atomic mass is 9.83. The molecule has 0 atom stereocenters. The highest BCUT2D eigenvalue weighted by Crippen LogP contribution is 2.28. The van der Waals surface area contributed by atoms with Gasteiger partial charge in [0.05, 0.1) is 6.54 Å². The first-order valence-corrected chi connectivity index (χ1v) is 4.97. The number of guanidine groups is 1. The molecule has 2 N–H and O–H groups in total. The number of nitrogens with zero attached hydrogens (tertiary/aromatic N) is 1. The maximum Gasteiger partial charge on any atom is 0.191 e. The Morgan fingerprint density at radius 3 is 3.00 bits per heavy atom. The van der Waals surface area contributed by atoms with Crippen LogP contribution >= 0.6 is 0 Å². The highest BCUT2D eigenvalue weighted by Gasteiger charge is 2.16. The van der Waals surface area contributed by atoms with Crippen LogP contribution in [0, 0.1) is 5.92 Å². The second-order valence-electron chi connectivity index (χ2n) is 3.67. The summed E-state index contributed by atoms with van der Waals surface area (Å²) < 4.78 is 0. The van der Waals surface area contributed by atoms with Gasteiger partial charge < -0.3 is 10.6 Å². The molecule has 0 radical (unpaired) electrons. The Morgan fingerprint density at radius 1 is 1.50 bits per heavy atom. The first-order valence-electron chi connectivity index (χ1n) is 4.97. The Kier molecular flexibility index (Phi) is 2.49. The molecule has 0 unspecified atom stereocenters. The Morgan fingerprint density at radius 2 is 2.42 bits per heavy atom. The van der Waals surface area contributed by atoms with E-state index in [1.54, 1.807) is 0 Å². The zero-order valence-electron chi connectivity index (χ0n) is 7.47. The van der Waals surface area contributed by atoms with Crippen molar-refractivity contribution in [2.24, 2.45) is 10.9 Å². The van der Waals surface area contributed by atoms with Crippen LogP contribution in [0.25, 0.3) is 0 Å². The van der Waals surface area contributed by atoms with E-state index in [-0.39, 0.29) is 0 Å². The maximum absolute atomic E-state index is 4.27. The Hall–Kier alpha value is -0.730. The predicted molar refractivity (Wildman–Crippen MR) is 50.3 cm³/mol. The number of nitrogens with one attached hydrogen (secondary N) is 2. The molecule has 0 amide bonds. The van der Waals surface area contributed by atoms with Crippen molar-refractivity contribution in [1.29, 1.82) is 0 Å². The number of aliphatic imine (C=N–C) groups is 1. The molecule has 12 heavy (non-hydrogen) atoms. The number of hydrogen-bond donors (Lipinski definition) is 2. The van der Waals surface area contributed by atoms with Crippen LogP contribution in [0.2, 0.25) is 0 Å². The van der Waals surface area contributed by atoms with E-state index >= 15 is 0 Å². The van der Waals surface area contributed by atoms with Crippen molar-refractivity contribution in [3.05, 3.63) is 0 Å². The van der Waals surface area contributed by atoms with Gasteiger partial charge in [-0.15, -0.1) is 0 Å². The molecule has 0 bridgehead atoms. The van der Waals surface area contributed by atoms with Crippen molar-refractivity contribution >= 4 is 5.96 Å². The second kappa shape index (κ2) is 3.78. The smallest absolute Gasteiger partial charge is 0.191 e. The van der Waals surface area contributed by atoms with Gasteiger partial charge in [0.15, 0.2) is 5.96 Å². The van der Waals surface area contributed by atoms with Gasteiger partial charge in [-0.2, -0.15) is 0 Å². The molecule has 1 aliphatic carbocycles. The van der Waals surface area contributed by atoms with Gasteiger partial charge in [0.25, 0.3) is 0 Å². The van der Waals surface area contributed by atoms with Crippen molar-refractivity contribution < 1.29 is 0 Å². The fraction of sp³-hybridized carbons (Fsp3) is 0.889. The fourth-order valence-corrected chi connectivity index (χ4v) is 1.69. The van der Waals surface area contributed by atoms with Gasteiger partial charge in [-0.3, -0.25) is 4.99 Å².